The molecule has 122 valence electrons. The zero-order valence-corrected chi connectivity index (χ0v) is 13.8. The van der Waals surface area contributed by atoms with Crippen LogP contribution in [0.25, 0.3) is 0 Å². The van der Waals surface area contributed by atoms with Crippen LogP contribution in [0, 0.1) is 6.92 Å². The third kappa shape index (κ3) is 4.80. The van der Waals surface area contributed by atoms with Gasteiger partial charge in [0.1, 0.15) is 6.61 Å². The number of piperazine rings is 1. The summed E-state index contributed by atoms with van der Waals surface area (Å²) in [7, 11) is 3.69. The van der Waals surface area contributed by atoms with Gasteiger partial charge >= 0.3 is 0 Å². The highest BCUT2D eigenvalue weighted by Crippen LogP contribution is 2.22. The predicted molar refractivity (Wildman–Crippen MR) is 87.9 cm³/mol. The number of likely N-dealkylation sites (N-methyl/N-ethyl adjacent to an activating group) is 1. The Morgan fingerprint density at radius 1 is 1.23 bits per heavy atom. The largest absolute Gasteiger partial charge is 0.375 e. The first kappa shape index (κ1) is 16.9. The normalized spacial score (nSPS) is 18.1. The predicted octanol–water partition coefficient (Wildman–Crippen LogP) is 1.05. The maximum atomic E-state index is 11.7. The summed E-state index contributed by atoms with van der Waals surface area (Å²) in [5.41, 5.74) is 2.51. The lowest BCUT2D eigenvalue weighted by atomic mass is 10.0. The van der Waals surface area contributed by atoms with Crippen molar-refractivity contribution in [2.24, 2.45) is 0 Å². The molecular weight excluding hydrogens is 278 g/mol. The van der Waals surface area contributed by atoms with Gasteiger partial charge in [-0.15, -0.1) is 0 Å². The fraction of sp³-hybridized carbons (Fsp3) is 0.588. The topological polar surface area (TPSA) is 44.8 Å². The molecule has 1 saturated heterocycles. The quantitative estimate of drug-likeness (QED) is 0.853. The van der Waals surface area contributed by atoms with E-state index in [1.165, 1.54) is 18.2 Å². The third-order valence-corrected chi connectivity index (χ3v) is 4.21. The van der Waals surface area contributed by atoms with Gasteiger partial charge < -0.3 is 15.0 Å². The molecule has 1 aliphatic rings. The number of rotatable bonds is 6. The van der Waals surface area contributed by atoms with Crippen LogP contribution in [0.4, 0.5) is 0 Å². The van der Waals surface area contributed by atoms with Crippen LogP contribution in [0.2, 0.25) is 0 Å². The average Bonchev–Trinajstić information content (AvgIpc) is 2.51. The molecule has 1 aromatic carbocycles. The number of carbonyl (C=O) groups excluding carboxylic acids is 1. The highest BCUT2D eigenvalue weighted by atomic mass is 16.5. The van der Waals surface area contributed by atoms with Gasteiger partial charge in [-0.1, -0.05) is 29.8 Å². The summed E-state index contributed by atoms with van der Waals surface area (Å²) in [5.74, 6) is -0.0614. The fourth-order valence-corrected chi connectivity index (χ4v) is 2.77. The molecule has 22 heavy (non-hydrogen) atoms. The van der Waals surface area contributed by atoms with Crippen LogP contribution < -0.4 is 5.32 Å². The van der Waals surface area contributed by atoms with Gasteiger partial charge in [0.25, 0.3) is 0 Å². The zero-order chi connectivity index (χ0) is 15.9. The molecule has 1 atom stereocenters. The summed E-state index contributed by atoms with van der Waals surface area (Å²) >= 11 is 0. The lowest BCUT2D eigenvalue weighted by Gasteiger charge is -2.38. The van der Waals surface area contributed by atoms with E-state index >= 15 is 0 Å². The molecule has 1 aliphatic heterocycles. The van der Waals surface area contributed by atoms with Gasteiger partial charge in [0.15, 0.2) is 0 Å². The summed E-state index contributed by atoms with van der Waals surface area (Å²) in [6.45, 7) is 7.00. The lowest BCUT2D eigenvalue weighted by Crippen LogP contribution is -2.48. The fourth-order valence-electron chi connectivity index (χ4n) is 2.77. The highest BCUT2D eigenvalue weighted by Gasteiger charge is 2.24. The standard InChI is InChI=1S/C17H27N3O2/c1-14-4-6-15(7-5-14)16(12-18-17(21)13-22-3)20-10-8-19(2)9-11-20/h4-7,16H,8-13H2,1-3H3,(H,18,21). The van der Waals surface area contributed by atoms with Gasteiger partial charge in [-0.3, -0.25) is 9.69 Å². The van der Waals surface area contributed by atoms with Crippen LogP contribution in [0.3, 0.4) is 0 Å². The maximum Gasteiger partial charge on any atom is 0.246 e. The van der Waals surface area contributed by atoms with Crippen molar-refractivity contribution in [2.75, 3.05) is 53.5 Å². The van der Waals surface area contributed by atoms with Gasteiger partial charge in [0.05, 0.1) is 6.04 Å². The number of nitrogens with one attached hydrogen (secondary N) is 1. The molecule has 0 aromatic heterocycles. The van der Waals surface area contributed by atoms with E-state index in [1.807, 2.05) is 0 Å². The Bertz CT molecular complexity index is 467. The smallest absolute Gasteiger partial charge is 0.246 e. The van der Waals surface area contributed by atoms with E-state index in [2.05, 4.69) is 53.4 Å². The van der Waals surface area contributed by atoms with Gasteiger partial charge in [-0.05, 0) is 19.5 Å². The Balaban J connectivity index is 2.06. The van der Waals surface area contributed by atoms with E-state index < -0.39 is 0 Å². The molecule has 1 heterocycles. The number of ether oxygens (including phenoxy) is 1. The van der Waals surface area contributed by atoms with Gasteiger partial charge in [0.2, 0.25) is 5.91 Å². The number of nitrogens with zero attached hydrogens (tertiary/aromatic N) is 2. The second kappa shape index (κ2) is 8.27. The summed E-state index contributed by atoms with van der Waals surface area (Å²) in [4.78, 5) is 16.5. The molecule has 1 unspecified atom stereocenters. The van der Waals surface area contributed by atoms with E-state index in [4.69, 9.17) is 4.74 Å². The molecule has 0 radical (unpaired) electrons. The van der Waals surface area contributed by atoms with Crippen LogP contribution in [0.1, 0.15) is 17.2 Å². The Kier molecular flexibility index (Phi) is 6.36. The van der Waals surface area contributed by atoms with Gasteiger partial charge in [-0.25, -0.2) is 0 Å². The summed E-state index contributed by atoms with van der Waals surface area (Å²) < 4.78 is 4.88. The number of methoxy groups -OCH3 is 1. The molecule has 1 amide bonds. The SMILES string of the molecule is COCC(=O)NCC(c1ccc(C)cc1)N1CCN(C)CC1. The van der Waals surface area contributed by atoms with E-state index in [0.717, 1.165) is 26.2 Å². The number of hydrogen-bond acceptors (Lipinski definition) is 4. The number of benzene rings is 1. The van der Waals surface area contributed by atoms with Gasteiger partial charge in [0, 0.05) is 39.8 Å². The molecule has 1 fully saturated rings. The van der Waals surface area contributed by atoms with E-state index in [1.54, 1.807) is 0 Å². The minimum atomic E-state index is -0.0614. The molecule has 0 aliphatic carbocycles. The number of carbonyl (C=O) groups is 1. The summed E-state index contributed by atoms with van der Waals surface area (Å²) in [6.07, 6.45) is 0. The van der Waals surface area contributed by atoms with Crippen LogP contribution >= 0.6 is 0 Å². The number of amides is 1. The molecular formula is C17H27N3O2. The highest BCUT2D eigenvalue weighted by molar-refractivity contribution is 5.77. The van der Waals surface area contributed by atoms with Crippen molar-refractivity contribution in [3.05, 3.63) is 35.4 Å². The Morgan fingerprint density at radius 3 is 2.45 bits per heavy atom. The van der Waals surface area contributed by atoms with E-state index in [0.29, 0.717) is 6.54 Å². The van der Waals surface area contributed by atoms with Gasteiger partial charge in [-0.2, -0.15) is 0 Å². The second-order valence-electron chi connectivity index (χ2n) is 6.00. The van der Waals surface area contributed by atoms with E-state index in [-0.39, 0.29) is 18.6 Å². The molecule has 2 rings (SSSR count). The number of hydrogen-bond donors (Lipinski definition) is 1. The number of aryl methyl sites for hydroxylation is 1. The van der Waals surface area contributed by atoms with Crippen molar-refractivity contribution in [1.29, 1.82) is 0 Å². The summed E-state index contributed by atoms with van der Waals surface area (Å²) in [5, 5.41) is 2.99. The van der Waals surface area contributed by atoms with Crippen molar-refractivity contribution < 1.29 is 9.53 Å². The lowest BCUT2D eigenvalue weighted by molar-refractivity contribution is -0.125. The Labute approximate surface area is 133 Å². The van der Waals surface area contributed by atoms with Crippen molar-refractivity contribution in [3.63, 3.8) is 0 Å². The van der Waals surface area contributed by atoms with Crippen molar-refractivity contribution >= 4 is 5.91 Å². The zero-order valence-electron chi connectivity index (χ0n) is 13.8. The van der Waals surface area contributed by atoms with E-state index in [9.17, 15) is 4.79 Å². The third-order valence-electron chi connectivity index (χ3n) is 4.21. The van der Waals surface area contributed by atoms with Crippen molar-refractivity contribution in [3.8, 4) is 0 Å². The molecule has 1 aromatic rings. The van der Waals surface area contributed by atoms with Crippen molar-refractivity contribution in [2.45, 2.75) is 13.0 Å². The minimum absolute atomic E-state index is 0.0614. The second-order valence-corrected chi connectivity index (χ2v) is 6.00. The Morgan fingerprint density at radius 2 is 1.86 bits per heavy atom. The van der Waals surface area contributed by atoms with Crippen LogP contribution in [0.15, 0.2) is 24.3 Å². The van der Waals surface area contributed by atoms with Crippen LogP contribution in [-0.4, -0.2) is 69.2 Å². The minimum Gasteiger partial charge on any atom is -0.375 e. The average molecular weight is 305 g/mol. The molecule has 5 nitrogen and oxygen atoms in total. The monoisotopic (exact) mass is 305 g/mol. The van der Waals surface area contributed by atoms with Crippen LogP contribution in [-0.2, 0) is 9.53 Å². The molecule has 1 N–H and O–H groups in total. The van der Waals surface area contributed by atoms with Crippen molar-refractivity contribution in [1.82, 2.24) is 15.1 Å². The first-order valence-electron chi connectivity index (χ1n) is 7.85. The first-order chi connectivity index (χ1) is 10.6. The summed E-state index contributed by atoms with van der Waals surface area (Å²) in [6, 6.07) is 8.82. The molecule has 0 bridgehead atoms. The maximum absolute atomic E-state index is 11.7. The Hall–Kier alpha value is -1.43. The molecule has 0 spiro atoms. The first-order valence-corrected chi connectivity index (χ1v) is 7.85. The van der Waals surface area contributed by atoms with Crippen LogP contribution in [0.5, 0.6) is 0 Å². The molecule has 5 heteroatoms. The molecule has 0 saturated carbocycles.